The summed E-state index contributed by atoms with van der Waals surface area (Å²) in [6.45, 7) is 6.93. The Kier molecular flexibility index (Phi) is 6.00. The van der Waals surface area contributed by atoms with Gasteiger partial charge in [-0.2, -0.15) is 0 Å². The minimum atomic E-state index is -0.398. The number of pyridine rings is 1. The number of rotatable bonds is 8. The van der Waals surface area contributed by atoms with Crippen molar-refractivity contribution in [3.05, 3.63) is 54.6 Å². The van der Waals surface area contributed by atoms with Crippen molar-refractivity contribution in [1.29, 1.82) is 0 Å². The Morgan fingerprint density at radius 1 is 1.26 bits per heavy atom. The van der Waals surface area contributed by atoms with Crippen LogP contribution in [-0.2, 0) is 4.79 Å². The van der Waals surface area contributed by atoms with Gasteiger partial charge in [-0.05, 0) is 50.0 Å². The Morgan fingerprint density at radius 3 is 2.91 bits per heavy atom. The maximum atomic E-state index is 15.1. The van der Waals surface area contributed by atoms with E-state index in [9.17, 15) is 4.79 Å². The van der Waals surface area contributed by atoms with E-state index >= 15 is 4.39 Å². The monoisotopic (exact) mass is 463 g/mol. The molecule has 1 N–H and O–H groups in total. The lowest BCUT2D eigenvalue weighted by molar-refractivity contribution is -0.125. The molecule has 1 aliphatic heterocycles. The summed E-state index contributed by atoms with van der Waals surface area (Å²) in [5, 5.41) is 3.05. The molecule has 176 valence electrons. The van der Waals surface area contributed by atoms with Crippen LogP contribution >= 0.6 is 0 Å². The maximum Gasteiger partial charge on any atom is 0.246 e. The van der Waals surface area contributed by atoms with E-state index in [4.69, 9.17) is 9.47 Å². The summed E-state index contributed by atoms with van der Waals surface area (Å²) in [6, 6.07) is 6.92. The van der Waals surface area contributed by atoms with Gasteiger partial charge in [-0.3, -0.25) is 4.79 Å². The second-order valence-corrected chi connectivity index (χ2v) is 8.69. The predicted molar refractivity (Wildman–Crippen MR) is 126 cm³/mol. The van der Waals surface area contributed by atoms with Gasteiger partial charge in [-0.15, -0.1) is 0 Å². The van der Waals surface area contributed by atoms with Gasteiger partial charge in [0, 0.05) is 24.6 Å². The average Bonchev–Trinajstić information content (AvgIpc) is 3.57. The Bertz CT molecular complexity index is 1250. The van der Waals surface area contributed by atoms with E-state index < -0.39 is 5.82 Å². The van der Waals surface area contributed by atoms with Gasteiger partial charge in [0.2, 0.25) is 11.8 Å². The van der Waals surface area contributed by atoms with Crippen molar-refractivity contribution in [2.24, 2.45) is 5.92 Å². The van der Waals surface area contributed by atoms with Crippen molar-refractivity contribution in [2.45, 2.75) is 32.3 Å². The van der Waals surface area contributed by atoms with Gasteiger partial charge in [0.15, 0.2) is 11.6 Å². The van der Waals surface area contributed by atoms with E-state index in [-0.39, 0.29) is 17.7 Å². The number of carbonyl (C=O) groups is 1. The minimum Gasteiger partial charge on any atom is -0.493 e. The van der Waals surface area contributed by atoms with E-state index in [1.165, 1.54) is 25.2 Å². The molecule has 34 heavy (non-hydrogen) atoms. The fourth-order valence-electron chi connectivity index (χ4n) is 3.94. The lowest BCUT2D eigenvalue weighted by Gasteiger charge is -2.16. The highest BCUT2D eigenvalue weighted by molar-refractivity contribution is 5.88. The van der Waals surface area contributed by atoms with Crippen molar-refractivity contribution < 1.29 is 18.7 Å². The zero-order chi connectivity index (χ0) is 23.7. The summed E-state index contributed by atoms with van der Waals surface area (Å²) in [5.74, 6) is 1.39. The molecule has 5 rings (SSSR count). The van der Waals surface area contributed by atoms with Crippen LogP contribution in [0.15, 0.2) is 43.2 Å². The minimum absolute atomic E-state index is 0.112. The molecule has 1 atom stereocenters. The molecule has 1 saturated carbocycles. The van der Waals surface area contributed by atoms with Crippen molar-refractivity contribution >= 4 is 28.4 Å². The molecule has 2 aromatic heterocycles. The van der Waals surface area contributed by atoms with Crippen LogP contribution < -0.4 is 14.8 Å². The van der Waals surface area contributed by atoms with Gasteiger partial charge in [-0.25, -0.2) is 19.3 Å². The molecular weight excluding hydrogens is 437 g/mol. The number of nitrogens with one attached hydrogen (secondary N) is 1. The SMILES string of the molecule is C=CC(=O)N1CC[C@H](Oc2ccc3ncnc(Nc4ccc(OCC5CC5)c(C)c4F)c3n2)C1. The van der Waals surface area contributed by atoms with Crippen LogP contribution in [0.5, 0.6) is 11.6 Å². The molecular formula is C25H26FN5O3. The molecule has 0 bridgehead atoms. The van der Waals surface area contributed by atoms with Crippen LogP contribution in [0.3, 0.4) is 0 Å². The molecule has 0 unspecified atom stereocenters. The van der Waals surface area contributed by atoms with Crippen LogP contribution in [0.4, 0.5) is 15.9 Å². The van der Waals surface area contributed by atoms with Crippen molar-refractivity contribution in [3.8, 4) is 11.6 Å². The summed E-state index contributed by atoms with van der Waals surface area (Å²) in [5.41, 5.74) is 1.78. The Labute approximate surface area is 196 Å². The fraction of sp³-hybridized carbons (Fsp3) is 0.360. The van der Waals surface area contributed by atoms with Crippen LogP contribution in [0.25, 0.3) is 11.0 Å². The lowest BCUT2D eigenvalue weighted by atomic mass is 10.1. The molecule has 2 aliphatic rings. The number of benzene rings is 1. The van der Waals surface area contributed by atoms with Gasteiger partial charge < -0.3 is 19.7 Å². The van der Waals surface area contributed by atoms with E-state index in [1.54, 1.807) is 36.1 Å². The maximum absolute atomic E-state index is 15.1. The molecule has 0 spiro atoms. The highest BCUT2D eigenvalue weighted by Gasteiger charge is 2.27. The van der Waals surface area contributed by atoms with Gasteiger partial charge in [-0.1, -0.05) is 6.58 Å². The molecule has 3 heterocycles. The molecule has 9 heteroatoms. The zero-order valence-electron chi connectivity index (χ0n) is 19.0. The third-order valence-corrected chi connectivity index (χ3v) is 6.14. The molecule has 8 nitrogen and oxygen atoms in total. The summed E-state index contributed by atoms with van der Waals surface area (Å²) in [7, 11) is 0. The van der Waals surface area contributed by atoms with Gasteiger partial charge in [0.05, 0.1) is 24.4 Å². The molecule has 1 saturated heterocycles. The number of hydrogen-bond donors (Lipinski definition) is 1. The van der Waals surface area contributed by atoms with E-state index in [2.05, 4.69) is 26.8 Å². The third kappa shape index (κ3) is 4.64. The molecule has 0 radical (unpaired) electrons. The zero-order valence-corrected chi connectivity index (χ0v) is 19.0. The third-order valence-electron chi connectivity index (χ3n) is 6.14. The number of aromatic nitrogens is 3. The Morgan fingerprint density at radius 2 is 2.12 bits per heavy atom. The van der Waals surface area contributed by atoms with Crippen LogP contribution in [0.2, 0.25) is 0 Å². The molecule has 3 aromatic rings. The van der Waals surface area contributed by atoms with E-state index in [0.717, 1.165) is 0 Å². The van der Waals surface area contributed by atoms with Crippen LogP contribution in [-0.4, -0.2) is 51.6 Å². The topological polar surface area (TPSA) is 89.5 Å². The standard InChI is InChI=1S/C25H26FN5O3/c1-3-22(32)31-11-10-17(12-31)34-21-9-7-19-24(30-21)25(28-14-27-19)29-18-6-8-20(15(2)23(18)26)33-13-16-4-5-16/h3,6-9,14,16-17H,1,4-5,10-13H2,2H3,(H,27,28,29)/t17-/m0/s1. The average molecular weight is 464 g/mol. The summed E-state index contributed by atoms with van der Waals surface area (Å²) in [6.07, 6.45) is 5.59. The van der Waals surface area contributed by atoms with E-state index in [0.29, 0.717) is 66.1 Å². The largest absolute Gasteiger partial charge is 0.493 e. The van der Waals surface area contributed by atoms with Crippen LogP contribution in [0, 0.1) is 18.7 Å². The highest BCUT2D eigenvalue weighted by Crippen LogP contribution is 2.33. The Hall–Kier alpha value is -3.75. The summed E-state index contributed by atoms with van der Waals surface area (Å²) < 4.78 is 26.9. The van der Waals surface area contributed by atoms with Gasteiger partial charge in [0.25, 0.3) is 0 Å². The number of anilines is 2. The normalized spacial score (nSPS) is 17.6. The smallest absolute Gasteiger partial charge is 0.246 e. The summed E-state index contributed by atoms with van der Waals surface area (Å²) >= 11 is 0. The number of likely N-dealkylation sites (tertiary alicyclic amines) is 1. The van der Waals surface area contributed by atoms with Crippen molar-refractivity contribution in [1.82, 2.24) is 19.9 Å². The first-order valence-electron chi connectivity index (χ1n) is 11.4. The highest BCUT2D eigenvalue weighted by atomic mass is 19.1. The molecule has 2 fully saturated rings. The number of nitrogens with zero attached hydrogens (tertiary/aromatic N) is 4. The van der Waals surface area contributed by atoms with Gasteiger partial charge in [0.1, 0.15) is 23.7 Å². The fourth-order valence-corrected chi connectivity index (χ4v) is 3.94. The number of fused-ring (bicyclic) bond motifs is 1. The lowest BCUT2D eigenvalue weighted by Crippen LogP contribution is -2.29. The first-order chi connectivity index (χ1) is 16.5. The predicted octanol–water partition coefficient (Wildman–Crippen LogP) is 4.17. The summed E-state index contributed by atoms with van der Waals surface area (Å²) in [4.78, 5) is 26.6. The second kappa shape index (κ2) is 9.24. The van der Waals surface area contributed by atoms with Crippen molar-refractivity contribution in [3.63, 3.8) is 0 Å². The first-order valence-corrected chi connectivity index (χ1v) is 11.4. The molecule has 1 aromatic carbocycles. The molecule has 1 aliphatic carbocycles. The van der Waals surface area contributed by atoms with E-state index in [1.807, 2.05) is 0 Å². The number of carbonyl (C=O) groups excluding carboxylic acids is 1. The number of amides is 1. The van der Waals surface area contributed by atoms with Crippen LogP contribution in [0.1, 0.15) is 24.8 Å². The quantitative estimate of drug-likeness (QED) is 0.502. The second-order valence-electron chi connectivity index (χ2n) is 8.69. The number of halogens is 1. The number of ether oxygens (including phenoxy) is 2. The Balaban J connectivity index is 1.35. The van der Waals surface area contributed by atoms with Crippen molar-refractivity contribution in [2.75, 3.05) is 25.0 Å². The molecule has 1 amide bonds. The first kappa shape index (κ1) is 22.1. The number of hydrogen-bond acceptors (Lipinski definition) is 7. The van der Waals surface area contributed by atoms with Gasteiger partial charge >= 0.3 is 0 Å².